The highest BCUT2D eigenvalue weighted by molar-refractivity contribution is 7.10. The Kier molecular flexibility index (Phi) is 3.81. The molecular weight excluding hydrogens is 258 g/mol. The van der Waals surface area contributed by atoms with Gasteiger partial charge in [0.2, 0.25) is 5.91 Å². The lowest BCUT2D eigenvalue weighted by Gasteiger charge is -2.07. The molecule has 2 aromatic rings. The lowest BCUT2D eigenvalue weighted by atomic mass is 10.3. The highest BCUT2D eigenvalue weighted by Gasteiger charge is 2.08. The van der Waals surface area contributed by atoms with Crippen molar-refractivity contribution in [2.24, 2.45) is 0 Å². The number of aromatic nitrogens is 2. The van der Waals surface area contributed by atoms with Gasteiger partial charge >= 0.3 is 0 Å². The van der Waals surface area contributed by atoms with Crippen LogP contribution in [0.15, 0.2) is 23.7 Å². The highest BCUT2D eigenvalue weighted by atomic mass is 35.5. The van der Waals surface area contributed by atoms with E-state index < -0.39 is 0 Å². The van der Waals surface area contributed by atoms with Crippen LogP contribution in [0.4, 0.5) is 5.82 Å². The molecule has 2 heterocycles. The molecule has 2 rings (SSSR count). The minimum absolute atomic E-state index is 0.0524. The van der Waals surface area contributed by atoms with Crippen LogP contribution < -0.4 is 5.32 Å². The first-order valence-electron chi connectivity index (χ1n) is 5.11. The molecule has 0 atom stereocenters. The van der Waals surface area contributed by atoms with Gasteiger partial charge in [-0.15, -0.1) is 22.9 Å². The molecule has 0 spiro atoms. The summed E-state index contributed by atoms with van der Waals surface area (Å²) in [7, 11) is 0. The van der Waals surface area contributed by atoms with E-state index in [9.17, 15) is 4.79 Å². The van der Waals surface area contributed by atoms with E-state index in [-0.39, 0.29) is 11.8 Å². The molecule has 2 aromatic heterocycles. The number of carbonyl (C=O) groups is 1. The number of anilines is 1. The molecule has 0 aliphatic rings. The normalized spacial score (nSPS) is 10.5. The van der Waals surface area contributed by atoms with Crippen molar-refractivity contribution in [1.29, 1.82) is 0 Å². The minimum Gasteiger partial charge on any atom is -0.310 e. The van der Waals surface area contributed by atoms with Gasteiger partial charge in [-0.1, -0.05) is 0 Å². The Bertz CT molecular complexity index is 520. The zero-order valence-electron chi connectivity index (χ0n) is 9.31. The van der Waals surface area contributed by atoms with Crippen molar-refractivity contribution in [1.82, 2.24) is 9.78 Å². The average Bonchev–Trinajstić information content (AvgIpc) is 2.90. The van der Waals surface area contributed by atoms with E-state index in [0.717, 1.165) is 0 Å². The molecule has 0 saturated heterocycles. The largest absolute Gasteiger partial charge is 0.310 e. The topological polar surface area (TPSA) is 46.9 Å². The van der Waals surface area contributed by atoms with E-state index in [2.05, 4.69) is 23.4 Å². The third kappa shape index (κ3) is 2.87. The van der Waals surface area contributed by atoms with Gasteiger partial charge in [-0.3, -0.25) is 4.79 Å². The number of nitrogens with zero attached hydrogens (tertiary/aromatic N) is 2. The Hall–Kier alpha value is -1.33. The number of nitrogens with one attached hydrogen (secondary N) is 1. The van der Waals surface area contributed by atoms with Crippen LogP contribution in [0.5, 0.6) is 0 Å². The molecule has 17 heavy (non-hydrogen) atoms. The van der Waals surface area contributed by atoms with Gasteiger partial charge in [0.25, 0.3) is 0 Å². The summed E-state index contributed by atoms with van der Waals surface area (Å²) in [6, 6.07) is 3.83. The molecule has 1 amide bonds. The maximum atomic E-state index is 11.2. The molecule has 0 saturated carbocycles. The molecule has 0 unspecified atom stereocenters. The van der Waals surface area contributed by atoms with Crippen molar-refractivity contribution in [2.75, 3.05) is 11.2 Å². The summed E-state index contributed by atoms with van der Waals surface area (Å²) in [5, 5.41) is 8.94. The van der Waals surface area contributed by atoms with Crippen molar-refractivity contribution in [3.63, 3.8) is 0 Å². The van der Waals surface area contributed by atoms with Gasteiger partial charge in [0.05, 0.1) is 12.7 Å². The standard InChI is InChI=1S/C11H12ClN3OS/c1-8-3-5-17-9(8)7-15-10(2-4-13-15)14-11(16)6-12/h2-5H,6-7H2,1H3,(H,14,16). The zero-order valence-corrected chi connectivity index (χ0v) is 10.9. The van der Waals surface area contributed by atoms with Gasteiger partial charge in [-0.2, -0.15) is 5.10 Å². The summed E-state index contributed by atoms with van der Waals surface area (Å²) in [4.78, 5) is 12.5. The zero-order chi connectivity index (χ0) is 12.3. The predicted molar refractivity (Wildman–Crippen MR) is 69.7 cm³/mol. The number of hydrogen-bond acceptors (Lipinski definition) is 3. The van der Waals surface area contributed by atoms with Crippen LogP contribution in [0.1, 0.15) is 10.4 Å². The van der Waals surface area contributed by atoms with E-state index in [1.54, 1.807) is 28.3 Å². The smallest absolute Gasteiger partial charge is 0.240 e. The van der Waals surface area contributed by atoms with E-state index in [4.69, 9.17) is 11.6 Å². The van der Waals surface area contributed by atoms with Gasteiger partial charge in [0.1, 0.15) is 11.7 Å². The van der Waals surface area contributed by atoms with Crippen LogP contribution in [0.2, 0.25) is 0 Å². The Balaban J connectivity index is 2.14. The van der Waals surface area contributed by atoms with Crippen molar-refractivity contribution >= 4 is 34.7 Å². The van der Waals surface area contributed by atoms with Crippen LogP contribution >= 0.6 is 22.9 Å². The second-order valence-electron chi connectivity index (χ2n) is 3.58. The second kappa shape index (κ2) is 5.33. The molecule has 4 nitrogen and oxygen atoms in total. The summed E-state index contributed by atoms with van der Waals surface area (Å²) in [6.45, 7) is 2.72. The number of carbonyl (C=O) groups excluding carboxylic acids is 1. The third-order valence-electron chi connectivity index (χ3n) is 2.37. The van der Waals surface area contributed by atoms with Gasteiger partial charge in [-0.05, 0) is 23.9 Å². The average molecular weight is 270 g/mol. The number of alkyl halides is 1. The Morgan fingerprint density at radius 3 is 3.06 bits per heavy atom. The Morgan fingerprint density at radius 1 is 1.59 bits per heavy atom. The molecule has 90 valence electrons. The predicted octanol–water partition coefficient (Wildman–Crippen LogP) is 2.48. The molecule has 0 radical (unpaired) electrons. The number of aryl methyl sites for hydroxylation is 1. The van der Waals surface area contributed by atoms with Crippen LogP contribution in [-0.4, -0.2) is 21.6 Å². The number of hydrogen-bond donors (Lipinski definition) is 1. The van der Waals surface area contributed by atoms with Gasteiger partial charge in [0, 0.05) is 10.9 Å². The lowest BCUT2D eigenvalue weighted by molar-refractivity contribution is -0.114. The Labute approximate surface area is 108 Å². The van der Waals surface area contributed by atoms with Crippen molar-refractivity contribution in [3.05, 3.63) is 34.2 Å². The molecule has 0 aromatic carbocycles. The summed E-state index contributed by atoms with van der Waals surface area (Å²) in [5.74, 6) is 0.392. The molecule has 0 aliphatic heterocycles. The number of halogens is 1. The van der Waals surface area contributed by atoms with Gasteiger partial charge in [0.15, 0.2) is 0 Å². The summed E-state index contributed by atoms with van der Waals surface area (Å²) in [6.07, 6.45) is 1.66. The molecule has 6 heteroatoms. The summed E-state index contributed by atoms with van der Waals surface area (Å²) < 4.78 is 1.75. The Morgan fingerprint density at radius 2 is 2.41 bits per heavy atom. The quantitative estimate of drug-likeness (QED) is 0.867. The fraction of sp³-hybridized carbons (Fsp3) is 0.273. The highest BCUT2D eigenvalue weighted by Crippen LogP contribution is 2.18. The molecular formula is C11H12ClN3OS. The van der Waals surface area contributed by atoms with Crippen LogP contribution in [0, 0.1) is 6.92 Å². The molecule has 0 fully saturated rings. The van der Waals surface area contributed by atoms with E-state index in [1.807, 2.05) is 5.38 Å². The van der Waals surface area contributed by atoms with Gasteiger partial charge in [-0.25, -0.2) is 4.68 Å². The number of thiophene rings is 1. The van der Waals surface area contributed by atoms with Gasteiger partial charge < -0.3 is 5.32 Å². The van der Waals surface area contributed by atoms with Crippen molar-refractivity contribution in [2.45, 2.75) is 13.5 Å². The van der Waals surface area contributed by atoms with Crippen molar-refractivity contribution in [3.8, 4) is 0 Å². The van der Waals surface area contributed by atoms with E-state index >= 15 is 0 Å². The van der Waals surface area contributed by atoms with Crippen molar-refractivity contribution < 1.29 is 4.79 Å². The van der Waals surface area contributed by atoms with E-state index in [0.29, 0.717) is 12.4 Å². The summed E-state index contributed by atoms with van der Waals surface area (Å²) in [5.41, 5.74) is 1.24. The summed E-state index contributed by atoms with van der Waals surface area (Å²) >= 11 is 7.13. The first-order chi connectivity index (χ1) is 8.20. The lowest BCUT2D eigenvalue weighted by Crippen LogP contribution is -2.16. The fourth-order valence-electron chi connectivity index (χ4n) is 1.44. The minimum atomic E-state index is -0.226. The fourth-order valence-corrected chi connectivity index (χ4v) is 2.40. The second-order valence-corrected chi connectivity index (χ2v) is 4.85. The third-order valence-corrected chi connectivity index (χ3v) is 3.62. The van der Waals surface area contributed by atoms with Crippen LogP contribution in [-0.2, 0) is 11.3 Å². The molecule has 1 N–H and O–H groups in total. The number of amides is 1. The maximum absolute atomic E-state index is 11.2. The SMILES string of the molecule is Cc1ccsc1Cn1nccc1NC(=O)CCl. The molecule has 0 bridgehead atoms. The maximum Gasteiger partial charge on any atom is 0.240 e. The number of rotatable bonds is 4. The van der Waals surface area contributed by atoms with Crippen LogP contribution in [0.3, 0.4) is 0 Å². The first kappa shape index (κ1) is 12.1. The monoisotopic (exact) mass is 269 g/mol. The molecule has 0 aliphatic carbocycles. The first-order valence-corrected chi connectivity index (χ1v) is 6.52. The van der Waals surface area contributed by atoms with Crippen LogP contribution in [0.25, 0.3) is 0 Å². The van der Waals surface area contributed by atoms with E-state index in [1.165, 1.54) is 10.4 Å².